The first-order valence-corrected chi connectivity index (χ1v) is 14.8. The molecule has 0 aliphatic carbocycles. The van der Waals surface area contributed by atoms with Gasteiger partial charge in [0.1, 0.15) is 0 Å². The molecule has 0 fully saturated rings. The van der Waals surface area contributed by atoms with Crippen molar-refractivity contribution >= 4 is 28.9 Å². The molecule has 0 saturated carbocycles. The van der Waals surface area contributed by atoms with Gasteiger partial charge in [-0.05, 0) is 0 Å². The van der Waals surface area contributed by atoms with E-state index < -0.39 is 34.4 Å². The van der Waals surface area contributed by atoms with Gasteiger partial charge in [0.2, 0.25) is 0 Å². The Labute approximate surface area is 112 Å². The van der Waals surface area contributed by atoms with E-state index >= 15 is 0 Å². The van der Waals surface area contributed by atoms with Gasteiger partial charge in [-0.2, -0.15) is 0 Å². The van der Waals surface area contributed by atoms with Gasteiger partial charge in [0, 0.05) is 0 Å². The number of halogens is 3. The first-order valence-electron chi connectivity index (χ1n) is 6.16. The van der Waals surface area contributed by atoms with Crippen molar-refractivity contribution < 1.29 is 24.1 Å². The predicted molar refractivity (Wildman–Crippen MR) is 67.1 cm³/mol. The number of rotatable bonds is 8. The fourth-order valence-corrected chi connectivity index (χ4v) is 19.8. The summed E-state index contributed by atoms with van der Waals surface area (Å²) in [5.41, 5.74) is -5.30. The zero-order valence-corrected chi connectivity index (χ0v) is 14.7. The van der Waals surface area contributed by atoms with Crippen molar-refractivity contribution in [2.24, 2.45) is 0 Å². The maximum absolute atomic E-state index is 12.4. The van der Waals surface area contributed by atoms with Crippen LogP contribution in [-0.4, -0.2) is 32.7 Å². The average Bonchev–Trinajstić information content (AvgIpc) is 2.15. The Balaban J connectivity index is 5.20. The van der Waals surface area contributed by atoms with Crippen molar-refractivity contribution in [3.05, 3.63) is 0 Å². The Hall–Kier alpha value is 0.499. The van der Waals surface area contributed by atoms with Gasteiger partial charge in [-0.25, -0.2) is 0 Å². The van der Waals surface area contributed by atoms with Crippen LogP contribution in [0.3, 0.4) is 0 Å². The van der Waals surface area contributed by atoms with Crippen LogP contribution in [0.5, 0.6) is 0 Å². The molecule has 0 heterocycles. The van der Waals surface area contributed by atoms with E-state index in [0.717, 1.165) is 0 Å². The fraction of sp³-hybridized carbons (Fsp3) is 1.00. The molecule has 0 aromatic carbocycles. The summed E-state index contributed by atoms with van der Waals surface area (Å²) in [6.45, 7) is 5.54. The molecule has 0 N–H and O–H groups in total. The minimum atomic E-state index is -5.43. The molecule has 110 valence electrons. The van der Waals surface area contributed by atoms with Crippen molar-refractivity contribution in [3.8, 4) is 0 Å². The fourth-order valence-electron chi connectivity index (χ4n) is 2.15. The van der Waals surface area contributed by atoms with E-state index in [1.807, 2.05) is 20.8 Å². The van der Waals surface area contributed by atoms with E-state index in [1.54, 1.807) is 0 Å². The Morgan fingerprint density at radius 3 is 1.50 bits per heavy atom. The van der Waals surface area contributed by atoms with Gasteiger partial charge in [0.25, 0.3) is 0 Å². The number of hydrogen-bond acceptors (Lipinski definition) is 3. The van der Waals surface area contributed by atoms with Gasteiger partial charge in [0.05, 0.1) is 0 Å². The van der Waals surface area contributed by atoms with Crippen LogP contribution in [-0.2, 0) is 12.6 Å². The standard InChI is InChI=1S/3C3H7.CHF3O3S.Sn/c3*1-3-2;2-1(3,4)8(5,6)7;/h3*1,3H2,2H3;(H,5,6,7);/q;;;;+1/p-1. The Morgan fingerprint density at radius 1 is 0.944 bits per heavy atom. The molecular formula is C10H21F3O3SSn. The normalized spacial score (nSPS) is 13.9. The van der Waals surface area contributed by atoms with Crippen LogP contribution in [0.15, 0.2) is 0 Å². The van der Waals surface area contributed by atoms with Gasteiger partial charge < -0.3 is 0 Å². The van der Waals surface area contributed by atoms with Crippen molar-refractivity contribution in [1.29, 1.82) is 0 Å². The van der Waals surface area contributed by atoms with Crippen LogP contribution in [0, 0.1) is 0 Å². The number of hydrogen-bond donors (Lipinski definition) is 0. The molecule has 8 heteroatoms. The van der Waals surface area contributed by atoms with Gasteiger partial charge in [0.15, 0.2) is 0 Å². The SMILES string of the molecule is CC[CH2][Sn]([CH2]CC)([CH2]CC)[O]S(=O)(=O)C(F)(F)F. The molecular weight excluding hydrogens is 376 g/mol. The molecule has 0 aliphatic heterocycles. The van der Waals surface area contributed by atoms with E-state index in [4.69, 9.17) is 2.52 Å². The molecule has 0 aliphatic rings. The average molecular weight is 397 g/mol. The number of alkyl halides is 3. The van der Waals surface area contributed by atoms with Crippen LogP contribution < -0.4 is 0 Å². The van der Waals surface area contributed by atoms with E-state index in [2.05, 4.69) is 0 Å². The van der Waals surface area contributed by atoms with Crippen LogP contribution in [0.25, 0.3) is 0 Å². The van der Waals surface area contributed by atoms with E-state index in [9.17, 15) is 21.6 Å². The van der Waals surface area contributed by atoms with Crippen LogP contribution in [0.2, 0.25) is 13.3 Å². The molecule has 0 atom stereocenters. The second kappa shape index (κ2) is 7.33. The third kappa shape index (κ3) is 5.24. The molecule has 0 aromatic heterocycles. The monoisotopic (exact) mass is 398 g/mol. The molecule has 0 unspecified atom stereocenters. The molecule has 3 nitrogen and oxygen atoms in total. The van der Waals surface area contributed by atoms with Gasteiger partial charge in [-0.1, -0.05) is 0 Å². The van der Waals surface area contributed by atoms with Crippen LogP contribution in [0.1, 0.15) is 40.0 Å². The van der Waals surface area contributed by atoms with Crippen molar-refractivity contribution in [3.63, 3.8) is 0 Å². The van der Waals surface area contributed by atoms with E-state index in [1.165, 1.54) is 0 Å². The van der Waals surface area contributed by atoms with Gasteiger partial charge in [-0.3, -0.25) is 0 Å². The van der Waals surface area contributed by atoms with E-state index in [0.29, 0.717) is 32.6 Å². The summed E-state index contributed by atoms with van der Waals surface area (Å²) in [4.78, 5) is 0. The topological polar surface area (TPSA) is 43.4 Å². The van der Waals surface area contributed by atoms with Gasteiger partial charge >= 0.3 is 112 Å². The third-order valence-corrected chi connectivity index (χ3v) is 20.8. The summed E-state index contributed by atoms with van der Waals surface area (Å²) in [5, 5.41) is 0. The molecule has 0 rings (SSSR count). The molecule has 0 saturated heterocycles. The van der Waals surface area contributed by atoms with Crippen molar-refractivity contribution in [2.75, 3.05) is 0 Å². The first kappa shape index (κ1) is 18.5. The molecule has 18 heavy (non-hydrogen) atoms. The zero-order chi connectivity index (χ0) is 14.4. The second-order valence-corrected chi connectivity index (χ2v) is 18.4. The Morgan fingerprint density at radius 2 is 1.28 bits per heavy atom. The van der Waals surface area contributed by atoms with Crippen molar-refractivity contribution in [2.45, 2.75) is 58.9 Å². The minimum absolute atomic E-state index is 0.520. The predicted octanol–water partition coefficient (Wildman–Crippen LogP) is 4.03. The quantitative estimate of drug-likeness (QED) is 0.459. The summed E-state index contributed by atoms with van der Waals surface area (Å²) in [6, 6.07) is 0. The second-order valence-electron chi connectivity index (χ2n) is 4.42. The molecule has 0 aromatic rings. The first-order chi connectivity index (χ1) is 8.14. The summed E-state index contributed by atoms with van der Waals surface area (Å²) < 4.78 is 65.9. The summed E-state index contributed by atoms with van der Waals surface area (Å²) in [5.74, 6) is 0. The third-order valence-electron chi connectivity index (χ3n) is 2.69. The molecule has 0 amide bonds. The molecule has 0 bridgehead atoms. The molecule has 0 spiro atoms. The van der Waals surface area contributed by atoms with Crippen LogP contribution >= 0.6 is 0 Å². The maximum atomic E-state index is 12.4. The van der Waals surface area contributed by atoms with Crippen molar-refractivity contribution in [1.82, 2.24) is 0 Å². The summed E-state index contributed by atoms with van der Waals surface area (Å²) in [7, 11) is -5.43. The summed E-state index contributed by atoms with van der Waals surface area (Å²) >= 11 is -3.68. The Bertz CT molecular complexity index is 324. The summed E-state index contributed by atoms with van der Waals surface area (Å²) in [6.07, 6.45) is 2.01. The zero-order valence-electron chi connectivity index (χ0n) is 11.0. The molecule has 0 radical (unpaired) electrons. The van der Waals surface area contributed by atoms with Gasteiger partial charge in [-0.15, -0.1) is 0 Å². The van der Waals surface area contributed by atoms with E-state index in [-0.39, 0.29) is 0 Å². The Kier molecular flexibility index (Phi) is 7.53. The van der Waals surface area contributed by atoms with Crippen LogP contribution in [0.4, 0.5) is 13.2 Å².